The third-order valence-electron chi connectivity index (χ3n) is 2.98. The van der Waals surface area contributed by atoms with E-state index in [1.807, 2.05) is 30.3 Å². The molecule has 100 valence electrons. The minimum atomic E-state index is -0.287. The molecule has 0 saturated heterocycles. The molecule has 0 bridgehead atoms. The molecule has 0 spiro atoms. The van der Waals surface area contributed by atoms with Gasteiger partial charge in [0.1, 0.15) is 5.75 Å². The van der Waals surface area contributed by atoms with Crippen LogP contribution in [0.4, 0.5) is 0 Å². The van der Waals surface area contributed by atoms with E-state index < -0.39 is 0 Å². The molecule has 1 N–H and O–H groups in total. The normalized spacial score (nSPS) is 12.8. The minimum absolute atomic E-state index is 0.103. The standard InChI is InChI=1S/C16H12O4/c17-13(7-6-11-4-2-1-3-5-11)12-8-15-16(9-14(12)18)20-10-19-15/h1-9,18H,10H2/b7-6+. The lowest BCUT2D eigenvalue weighted by Crippen LogP contribution is -1.95. The van der Waals surface area contributed by atoms with E-state index in [0.29, 0.717) is 11.5 Å². The van der Waals surface area contributed by atoms with Crippen LogP contribution in [0.5, 0.6) is 17.2 Å². The number of hydrogen-bond acceptors (Lipinski definition) is 4. The molecule has 0 amide bonds. The maximum Gasteiger partial charge on any atom is 0.231 e. The van der Waals surface area contributed by atoms with Crippen LogP contribution >= 0.6 is 0 Å². The zero-order valence-corrected chi connectivity index (χ0v) is 10.6. The minimum Gasteiger partial charge on any atom is -0.507 e. The summed E-state index contributed by atoms with van der Waals surface area (Å²) in [5.41, 5.74) is 1.11. The predicted molar refractivity (Wildman–Crippen MR) is 74.0 cm³/mol. The highest BCUT2D eigenvalue weighted by atomic mass is 16.7. The molecular weight excluding hydrogens is 256 g/mol. The van der Waals surface area contributed by atoms with Crippen LogP contribution in [0.2, 0.25) is 0 Å². The molecule has 0 fully saturated rings. The van der Waals surface area contributed by atoms with Gasteiger partial charge in [-0.2, -0.15) is 0 Å². The summed E-state index contributed by atoms with van der Waals surface area (Å²) in [4.78, 5) is 12.1. The molecule has 1 aliphatic rings. The largest absolute Gasteiger partial charge is 0.507 e. The molecule has 0 saturated carbocycles. The summed E-state index contributed by atoms with van der Waals surface area (Å²) in [7, 11) is 0. The van der Waals surface area contributed by atoms with E-state index in [9.17, 15) is 9.90 Å². The van der Waals surface area contributed by atoms with Gasteiger partial charge in [0.25, 0.3) is 0 Å². The molecular formula is C16H12O4. The number of phenolic OH excluding ortho intramolecular Hbond substituents is 1. The number of carbonyl (C=O) groups is 1. The molecule has 2 aromatic rings. The van der Waals surface area contributed by atoms with Crippen LogP contribution in [0, 0.1) is 0 Å². The fourth-order valence-electron chi connectivity index (χ4n) is 1.95. The van der Waals surface area contributed by atoms with Crippen molar-refractivity contribution in [1.29, 1.82) is 0 Å². The first-order chi connectivity index (χ1) is 9.74. The van der Waals surface area contributed by atoms with Gasteiger partial charge in [-0.1, -0.05) is 36.4 Å². The van der Waals surface area contributed by atoms with Crippen molar-refractivity contribution in [3.05, 3.63) is 59.7 Å². The van der Waals surface area contributed by atoms with Crippen LogP contribution in [-0.2, 0) is 0 Å². The lowest BCUT2D eigenvalue weighted by molar-refractivity contribution is 0.104. The van der Waals surface area contributed by atoms with Gasteiger partial charge in [0.15, 0.2) is 17.3 Å². The van der Waals surface area contributed by atoms with Crippen LogP contribution in [0.1, 0.15) is 15.9 Å². The molecule has 0 radical (unpaired) electrons. The van der Waals surface area contributed by atoms with E-state index in [1.165, 1.54) is 18.2 Å². The smallest absolute Gasteiger partial charge is 0.231 e. The maximum atomic E-state index is 12.1. The van der Waals surface area contributed by atoms with Gasteiger partial charge in [-0.05, 0) is 17.7 Å². The summed E-state index contributed by atoms with van der Waals surface area (Å²) in [6.45, 7) is 0.103. The number of phenols is 1. The molecule has 1 heterocycles. The van der Waals surface area contributed by atoms with Gasteiger partial charge < -0.3 is 14.6 Å². The molecule has 0 aliphatic carbocycles. The summed E-state index contributed by atoms with van der Waals surface area (Å²) < 4.78 is 10.3. The molecule has 4 nitrogen and oxygen atoms in total. The number of hydrogen-bond donors (Lipinski definition) is 1. The Balaban J connectivity index is 1.86. The lowest BCUT2D eigenvalue weighted by Gasteiger charge is -2.03. The third kappa shape index (κ3) is 2.36. The maximum absolute atomic E-state index is 12.1. The average molecular weight is 268 g/mol. The first-order valence-corrected chi connectivity index (χ1v) is 6.14. The van der Waals surface area contributed by atoms with E-state index in [-0.39, 0.29) is 23.9 Å². The summed E-state index contributed by atoms with van der Waals surface area (Å²) in [5, 5.41) is 9.85. The van der Waals surface area contributed by atoms with Crippen molar-refractivity contribution in [3.63, 3.8) is 0 Å². The number of ether oxygens (including phenoxy) is 2. The van der Waals surface area contributed by atoms with Gasteiger partial charge in [-0.25, -0.2) is 0 Å². The molecule has 0 aromatic heterocycles. The second-order valence-electron chi connectivity index (χ2n) is 4.33. The van der Waals surface area contributed by atoms with E-state index in [2.05, 4.69) is 0 Å². The number of carbonyl (C=O) groups excluding carboxylic acids is 1. The summed E-state index contributed by atoms with van der Waals surface area (Å²) in [6, 6.07) is 12.4. The molecule has 20 heavy (non-hydrogen) atoms. The van der Waals surface area contributed by atoms with Crippen molar-refractivity contribution in [3.8, 4) is 17.2 Å². The summed E-state index contributed by atoms with van der Waals surface area (Å²) in [6.07, 6.45) is 3.12. The van der Waals surface area contributed by atoms with E-state index in [0.717, 1.165) is 5.56 Å². The SMILES string of the molecule is O=C(/C=C/c1ccccc1)c1cc2c(cc1O)OCO2. The van der Waals surface area contributed by atoms with E-state index in [4.69, 9.17) is 9.47 Å². The number of ketones is 1. The van der Waals surface area contributed by atoms with Crippen molar-refractivity contribution in [2.45, 2.75) is 0 Å². The predicted octanol–water partition coefficient (Wildman–Crippen LogP) is 3.02. The van der Waals surface area contributed by atoms with Crippen molar-refractivity contribution >= 4 is 11.9 Å². The summed E-state index contributed by atoms with van der Waals surface area (Å²) >= 11 is 0. The Morgan fingerprint density at radius 3 is 2.55 bits per heavy atom. The Morgan fingerprint density at radius 2 is 1.80 bits per heavy atom. The molecule has 2 aromatic carbocycles. The van der Waals surface area contributed by atoms with Gasteiger partial charge >= 0.3 is 0 Å². The van der Waals surface area contributed by atoms with Crippen molar-refractivity contribution < 1.29 is 19.4 Å². The van der Waals surface area contributed by atoms with E-state index >= 15 is 0 Å². The van der Waals surface area contributed by atoms with Crippen LogP contribution in [0.15, 0.2) is 48.5 Å². The van der Waals surface area contributed by atoms with Gasteiger partial charge in [0.2, 0.25) is 6.79 Å². The Hall–Kier alpha value is -2.75. The van der Waals surface area contributed by atoms with Gasteiger partial charge in [0.05, 0.1) is 5.56 Å². The number of aromatic hydroxyl groups is 1. The highest BCUT2D eigenvalue weighted by Crippen LogP contribution is 2.37. The average Bonchev–Trinajstić information content (AvgIpc) is 2.92. The van der Waals surface area contributed by atoms with Crippen LogP contribution in [-0.4, -0.2) is 17.7 Å². The number of rotatable bonds is 3. The highest BCUT2D eigenvalue weighted by Gasteiger charge is 2.19. The third-order valence-corrected chi connectivity index (χ3v) is 2.98. The zero-order chi connectivity index (χ0) is 13.9. The van der Waals surface area contributed by atoms with Crippen molar-refractivity contribution in [2.75, 3.05) is 6.79 Å². The zero-order valence-electron chi connectivity index (χ0n) is 10.6. The molecule has 4 heteroatoms. The van der Waals surface area contributed by atoms with Gasteiger partial charge in [-0.3, -0.25) is 4.79 Å². The lowest BCUT2D eigenvalue weighted by atomic mass is 10.1. The van der Waals surface area contributed by atoms with E-state index in [1.54, 1.807) is 6.08 Å². The fourth-order valence-corrected chi connectivity index (χ4v) is 1.95. The quantitative estimate of drug-likeness (QED) is 0.686. The Bertz CT molecular complexity index is 674. The first kappa shape index (κ1) is 12.3. The second-order valence-corrected chi connectivity index (χ2v) is 4.33. The monoisotopic (exact) mass is 268 g/mol. The summed E-state index contributed by atoms with van der Waals surface area (Å²) in [5.74, 6) is 0.520. The number of fused-ring (bicyclic) bond motifs is 1. The first-order valence-electron chi connectivity index (χ1n) is 6.14. The Kier molecular flexibility index (Phi) is 3.13. The molecule has 1 aliphatic heterocycles. The van der Waals surface area contributed by atoms with Crippen LogP contribution in [0.25, 0.3) is 6.08 Å². The fraction of sp³-hybridized carbons (Fsp3) is 0.0625. The molecule has 0 unspecified atom stereocenters. The molecule has 3 rings (SSSR count). The number of allylic oxidation sites excluding steroid dienone is 1. The van der Waals surface area contributed by atoms with Gasteiger partial charge in [0, 0.05) is 6.07 Å². The van der Waals surface area contributed by atoms with Gasteiger partial charge in [-0.15, -0.1) is 0 Å². The Labute approximate surface area is 115 Å². The van der Waals surface area contributed by atoms with Crippen molar-refractivity contribution in [2.24, 2.45) is 0 Å². The molecule has 0 atom stereocenters. The highest BCUT2D eigenvalue weighted by molar-refractivity contribution is 6.09. The topological polar surface area (TPSA) is 55.8 Å². The number of benzene rings is 2. The van der Waals surface area contributed by atoms with Crippen molar-refractivity contribution in [1.82, 2.24) is 0 Å². The second kappa shape index (κ2) is 5.09. The van der Waals surface area contributed by atoms with Crippen LogP contribution in [0.3, 0.4) is 0 Å². The van der Waals surface area contributed by atoms with Crippen LogP contribution < -0.4 is 9.47 Å². The Morgan fingerprint density at radius 1 is 1.10 bits per heavy atom.